The van der Waals surface area contributed by atoms with Gasteiger partial charge in [0.1, 0.15) is 0 Å². The van der Waals surface area contributed by atoms with Gasteiger partial charge in [0.05, 0.1) is 0 Å². The highest BCUT2D eigenvalue weighted by atomic mass is 15.1. The molecule has 0 aromatic carbocycles. The van der Waals surface area contributed by atoms with E-state index < -0.39 is 0 Å². The van der Waals surface area contributed by atoms with E-state index in [1.54, 1.807) is 0 Å². The van der Waals surface area contributed by atoms with Crippen LogP contribution in [0, 0.1) is 29.6 Å². The van der Waals surface area contributed by atoms with Crippen molar-refractivity contribution in [2.45, 2.75) is 227 Å². The van der Waals surface area contributed by atoms with Crippen molar-refractivity contribution in [3.05, 3.63) is 0 Å². The van der Waals surface area contributed by atoms with Gasteiger partial charge in [0, 0.05) is 92.6 Å². The highest BCUT2D eigenvalue weighted by Crippen LogP contribution is 2.34. The summed E-state index contributed by atoms with van der Waals surface area (Å²) in [7, 11) is 0. The number of rotatable bonds is 0. The van der Waals surface area contributed by atoms with Crippen molar-refractivity contribution in [2.75, 3.05) is 58.9 Å². The summed E-state index contributed by atoms with van der Waals surface area (Å²) < 4.78 is 0. The zero-order chi connectivity index (χ0) is 40.4. The first-order valence-electron chi connectivity index (χ1n) is 27.0. The first kappa shape index (κ1) is 44.8. The summed E-state index contributed by atoms with van der Waals surface area (Å²) in [6.45, 7) is 11.3. The van der Waals surface area contributed by atoms with Gasteiger partial charge in [0.2, 0.25) is 0 Å². The third-order valence-corrected chi connectivity index (χ3v) is 18.2. The number of piperazine rings is 2. The third-order valence-electron chi connectivity index (χ3n) is 18.2. The van der Waals surface area contributed by atoms with E-state index >= 15 is 0 Å². The Labute approximate surface area is 367 Å². The van der Waals surface area contributed by atoms with Crippen LogP contribution in [0.25, 0.3) is 0 Å². The van der Waals surface area contributed by atoms with E-state index in [0.717, 1.165) is 96.0 Å². The molecule has 14 atom stereocenters. The van der Waals surface area contributed by atoms with E-state index in [-0.39, 0.29) is 0 Å². The lowest BCUT2D eigenvalue weighted by Crippen LogP contribution is -2.48. The van der Waals surface area contributed by atoms with Crippen molar-refractivity contribution in [3.8, 4) is 0 Å². The van der Waals surface area contributed by atoms with Gasteiger partial charge in [0.25, 0.3) is 0 Å². The van der Waals surface area contributed by atoms with Gasteiger partial charge in [-0.15, -0.1) is 0 Å². The van der Waals surface area contributed by atoms with Crippen LogP contribution in [-0.4, -0.2) is 125 Å². The van der Waals surface area contributed by atoms with Crippen LogP contribution in [0.2, 0.25) is 0 Å². The predicted molar refractivity (Wildman–Crippen MR) is 250 cm³/mol. The van der Waals surface area contributed by atoms with Crippen molar-refractivity contribution in [1.82, 2.24) is 53.2 Å². The van der Waals surface area contributed by atoms with Crippen LogP contribution in [0.4, 0.5) is 0 Å². The molecule has 0 amide bonds. The molecule has 10 nitrogen and oxygen atoms in total. The predicted octanol–water partition coefficient (Wildman–Crippen LogP) is 4.89. The molecule has 344 valence electrons. The molecule has 12 aliphatic heterocycles. The van der Waals surface area contributed by atoms with E-state index in [1.165, 1.54) is 219 Å². The van der Waals surface area contributed by atoms with Crippen LogP contribution in [0.3, 0.4) is 0 Å². The summed E-state index contributed by atoms with van der Waals surface area (Å²) in [6.07, 6.45) is 36.3. The number of piperidine rings is 4. The van der Waals surface area contributed by atoms with E-state index in [9.17, 15) is 0 Å². The fourth-order valence-electron chi connectivity index (χ4n) is 14.5. The highest BCUT2D eigenvalue weighted by molar-refractivity contribution is 4.94. The molecule has 0 radical (unpaired) electrons. The van der Waals surface area contributed by atoms with Crippen molar-refractivity contribution in [3.63, 3.8) is 0 Å². The van der Waals surface area contributed by atoms with Crippen molar-refractivity contribution in [1.29, 1.82) is 0 Å². The Morgan fingerprint density at radius 1 is 0.217 bits per heavy atom. The van der Waals surface area contributed by atoms with Crippen LogP contribution in [0.15, 0.2) is 0 Å². The van der Waals surface area contributed by atoms with Crippen LogP contribution in [0.1, 0.15) is 161 Å². The van der Waals surface area contributed by atoms with Crippen LogP contribution < -0.4 is 53.2 Å². The Kier molecular flexibility index (Phi) is 17.3. The van der Waals surface area contributed by atoms with Gasteiger partial charge in [-0.05, 0) is 210 Å². The fourth-order valence-corrected chi connectivity index (χ4v) is 14.5. The Balaban J connectivity index is 0.0000000881. The molecule has 16 rings (SSSR count). The van der Waals surface area contributed by atoms with Crippen molar-refractivity contribution < 1.29 is 0 Å². The molecule has 10 N–H and O–H groups in total. The Bertz CT molecular complexity index is 960. The first-order valence-corrected chi connectivity index (χ1v) is 27.0. The van der Waals surface area contributed by atoms with E-state index in [4.69, 9.17) is 0 Å². The molecule has 16 aliphatic rings. The van der Waals surface area contributed by atoms with Crippen LogP contribution >= 0.6 is 0 Å². The molecule has 12 saturated heterocycles. The molecule has 60 heavy (non-hydrogen) atoms. The number of nitrogens with one attached hydrogen (secondary N) is 10. The average molecular weight is 835 g/mol. The van der Waals surface area contributed by atoms with Gasteiger partial charge in [-0.25, -0.2) is 0 Å². The standard InChI is InChI=1S/2C7H13N.2C6H12N2.4C6H11N/c1-2-6-4-8-5-7(6)3-1;1-2-6-4-5-7(3-1)8-6;2*1-2-6-4-7-3-5(1)8-6;3*1-2-6-3-5(1)4-7-6;1-2-6-4-3-5(1)7-6/h2*6-8H,1-5H2;2*5-8H,1-4H2;4*5-7H,1-4H2/t;;;;2*5-,6+;;/m....00../s1. The number of hydrogen-bond acceptors (Lipinski definition) is 10. The second kappa shape index (κ2) is 23.2. The van der Waals surface area contributed by atoms with Crippen molar-refractivity contribution in [2.24, 2.45) is 29.6 Å². The van der Waals surface area contributed by atoms with Gasteiger partial charge >= 0.3 is 0 Å². The summed E-state index contributed by atoms with van der Waals surface area (Å²) in [5, 5.41) is 34.7. The van der Waals surface area contributed by atoms with E-state index in [2.05, 4.69) is 53.2 Å². The Morgan fingerprint density at radius 3 is 0.733 bits per heavy atom. The largest absolute Gasteiger partial charge is 0.316 e. The molecule has 4 aliphatic carbocycles. The molecule has 0 aromatic heterocycles. The van der Waals surface area contributed by atoms with E-state index in [1.807, 2.05) is 0 Å². The second-order valence-corrected chi connectivity index (χ2v) is 22.8. The Morgan fingerprint density at radius 2 is 0.500 bits per heavy atom. The van der Waals surface area contributed by atoms with Gasteiger partial charge < -0.3 is 53.2 Å². The Hall–Kier alpha value is -0.400. The zero-order valence-corrected chi connectivity index (χ0v) is 38.3. The molecule has 4 saturated carbocycles. The highest BCUT2D eigenvalue weighted by Gasteiger charge is 2.34. The quantitative estimate of drug-likeness (QED) is 0.165. The normalized spacial score (nSPS) is 46.4. The molecular formula is C50H94N10. The molecule has 10 unspecified atom stereocenters. The molecule has 10 heteroatoms. The minimum Gasteiger partial charge on any atom is -0.316 e. The SMILES string of the molecule is C1CC2CC1CN2.C1CC2CCC(C1)N2.C1CC2CCC1N2.C1CC2CNCC1N2.C1CC2CNCC1N2.C1CC2CNCC2C1.C1C[C@@H]2C[C@H]1CN2.C1C[C@@H]2C[C@H]1CN2. The summed E-state index contributed by atoms with van der Waals surface area (Å²) in [6, 6.07) is 9.63. The summed E-state index contributed by atoms with van der Waals surface area (Å²) in [5.41, 5.74) is 0. The fraction of sp³-hybridized carbons (Fsp3) is 1.00. The summed E-state index contributed by atoms with van der Waals surface area (Å²) in [5.74, 6) is 5.31. The lowest BCUT2D eigenvalue weighted by atomic mass is 10.0. The number of hydrogen-bond donors (Lipinski definition) is 10. The molecular weight excluding hydrogens is 741 g/mol. The van der Waals surface area contributed by atoms with Gasteiger partial charge in [-0.1, -0.05) is 12.8 Å². The molecule has 12 heterocycles. The summed E-state index contributed by atoms with van der Waals surface area (Å²) in [4.78, 5) is 0. The second-order valence-electron chi connectivity index (χ2n) is 22.8. The maximum absolute atomic E-state index is 3.59. The first-order chi connectivity index (χ1) is 29.6. The average Bonchev–Trinajstić information content (AvgIpc) is 4.13. The van der Waals surface area contributed by atoms with Gasteiger partial charge in [-0.2, -0.15) is 0 Å². The minimum absolute atomic E-state index is 0.800. The molecule has 0 spiro atoms. The van der Waals surface area contributed by atoms with E-state index in [0.29, 0.717) is 0 Å². The lowest BCUT2D eigenvalue weighted by molar-refractivity contribution is 0.406. The maximum atomic E-state index is 3.59. The van der Waals surface area contributed by atoms with Crippen LogP contribution in [-0.2, 0) is 0 Å². The topological polar surface area (TPSA) is 120 Å². The lowest BCUT2D eigenvalue weighted by Gasteiger charge is -2.21. The zero-order valence-electron chi connectivity index (χ0n) is 38.3. The monoisotopic (exact) mass is 835 g/mol. The smallest absolute Gasteiger partial charge is 0.0196 e. The molecule has 0 aromatic rings. The molecule has 16 fully saturated rings. The minimum atomic E-state index is 0.800. The van der Waals surface area contributed by atoms with Crippen molar-refractivity contribution >= 4 is 0 Å². The third kappa shape index (κ3) is 13.6. The van der Waals surface area contributed by atoms with Gasteiger partial charge in [-0.3, -0.25) is 0 Å². The number of fused-ring (bicyclic) bond motifs is 15. The van der Waals surface area contributed by atoms with Gasteiger partial charge in [0.15, 0.2) is 0 Å². The maximum Gasteiger partial charge on any atom is 0.0196 e. The summed E-state index contributed by atoms with van der Waals surface area (Å²) >= 11 is 0. The van der Waals surface area contributed by atoms with Crippen LogP contribution in [0.5, 0.6) is 0 Å². The molecule has 14 bridgehead atoms.